The number of halogens is 1. The molecule has 4 N–H and O–H groups in total. The fraction of sp³-hybridized carbons (Fsp3) is 0.167. The summed E-state index contributed by atoms with van der Waals surface area (Å²) in [5.74, 6) is -0.264. The van der Waals surface area contributed by atoms with Crippen LogP contribution in [0.25, 0.3) is 0 Å². The molecule has 0 fully saturated rings. The zero-order valence-electron chi connectivity index (χ0n) is 10.4. The minimum absolute atomic E-state index is 0.0600. The molecule has 0 saturated heterocycles. The van der Waals surface area contributed by atoms with Crippen molar-refractivity contribution in [1.29, 1.82) is 0 Å². The molecule has 0 atom stereocenters. The van der Waals surface area contributed by atoms with Gasteiger partial charge in [0.25, 0.3) is 0 Å². The topological polar surface area (TPSA) is 121 Å². The molecule has 0 spiro atoms. The summed E-state index contributed by atoms with van der Waals surface area (Å²) >= 11 is 3.43. The Bertz CT molecular complexity index is 662. The maximum absolute atomic E-state index is 11.0. The molecule has 0 unspecified atom stereocenters. The highest BCUT2D eigenvalue weighted by Crippen LogP contribution is 2.26. The van der Waals surface area contributed by atoms with E-state index in [0.717, 1.165) is 10.0 Å². The lowest BCUT2D eigenvalue weighted by Gasteiger charge is -2.06. The Morgan fingerprint density at radius 1 is 1.20 bits per heavy atom. The van der Waals surface area contributed by atoms with Crippen molar-refractivity contribution in [3.63, 3.8) is 0 Å². The third kappa shape index (κ3) is 3.02. The van der Waals surface area contributed by atoms with E-state index in [0.29, 0.717) is 12.8 Å². The molecule has 2 aromatic rings. The van der Waals surface area contributed by atoms with E-state index >= 15 is 0 Å². The Labute approximate surface area is 123 Å². The summed E-state index contributed by atoms with van der Waals surface area (Å²) in [5, 5.41) is 11.0. The van der Waals surface area contributed by atoms with E-state index in [-0.39, 0.29) is 23.1 Å². The minimum atomic E-state index is -0.579. The zero-order chi connectivity index (χ0) is 14.7. The number of anilines is 2. The third-order valence-electron chi connectivity index (χ3n) is 2.77. The second-order valence-electron chi connectivity index (χ2n) is 4.11. The molecule has 0 saturated carbocycles. The van der Waals surface area contributed by atoms with E-state index in [1.54, 1.807) is 0 Å². The number of hydrogen-bond acceptors (Lipinski definition) is 6. The van der Waals surface area contributed by atoms with Gasteiger partial charge in [0.05, 0.1) is 4.92 Å². The molecule has 1 aromatic heterocycles. The number of nitrogen functional groups attached to an aromatic ring is 2. The van der Waals surface area contributed by atoms with Gasteiger partial charge in [-0.15, -0.1) is 0 Å². The molecule has 7 nitrogen and oxygen atoms in total. The standard InChI is InChI=1S/C12H12BrN5O2/c13-8-4-2-1-3-7(8)5-6-9-10(18(19)20)11(14)17-12(15)16-9/h1-4H,5-6H2,(H4,14,15,16,17). The summed E-state index contributed by atoms with van der Waals surface area (Å²) < 4.78 is 0.942. The lowest BCUT2D eigenvalue weighted by Crippen LogP contribution is -2.09. The van der Waals surface area contributed by atoms with Gasteiger partial charge in [0.15, 0.2) is 0 Å². The van der Waals surface area contributed by atoms with Crippen molar-refractivity contribution in [2.45, 2.75) is 12.8 Å². The second kappa shape index (κ2) is 5.83. The fourth-order valence-electron chi connectivity index (χ4n) is 1.87. The highest BCUT2D eigenvalue weighted by molar-refractivity contribution is 9.10. The average molecular weight is 338 g/mol. The first-order valence-electron chi connectivity index (χ1n) is 5.78. The highest BCUT2D eigenvalue weighted by atomic mass is 79.9. The van der Waals surface area contributed by atoms with Gasteiger partial charge in [0.2, 0.25) is 11.8 Å². The van der Waals surface area contributed by atoms with Crippen LogP contribution >= 0.6 is 15.9 Å². The van der Waals surface area contributed by atoms with Crippen LogP contribution in [0.4, 0.5) is 17.5 Å². The number of rotatable bonds is 4. The Hall–Kier alpha value is -2.22. The van der Waals surface area contributed by atoms with Crippen LogP contribution < -0.4 is 11.5 Å². The monoisotopic (exact) mass is 337 g/mol. The summed E-state index contributed by atoms with van der Waals surface area (Å²) in [6.45, 7) is 0. The molecular weight excluding hydrogens is 326 g/mol. The van der Waals surface area contributed by atoms with Crippen LogP contribution in [0.1, 0.15) is 11.3 Å². The molecule has 2 rings (SSSR count). The van der Waals surface area contributed by atoms with Crippen molar-refractivity contribution in [3.05, 3.63) is 50.1 Å². The maximum Gasteiger partial charge on any atom is 0.332 e. The Morgan fingerprint density at radius 3 is 2.55 bits per heavy atom. The summed E-state index contributed by atoms with van der Waals surface area (Å²) in [6.07, 6.45) is 0.938. The van der Waals surface area contributed by atoms with Gasteiger partial charge in [0.1, 0.15) is 5.69 Å². The fourth-order valence-corrected chi connectivity index (χ4v) is 2.35. The van der Waals surface area contributed by atoms with E-state index < -0.39 is 4.92 Å². The minimum Gasteiger partial charge on any atom is -0.378 e. The lowest BCUT2D eigenvalue weighted by atomic mass is 10.1. The van der Waals surface area contributed by atoms with Gasteiger partial charge < -0.3 is 11.5 Å². The number of aryl methyl sites for hydroxylation is 2. The van der Waals surface area contributed by atoms with Crippen molar-refractivity contribution in [2.24, 2.45) is 0 Å². The number of benzene rings is 1. The van der Waals surface area contributed by atoms with Gasteiger partial charge in [0, 0.05) is 10.9 Å². The normalized spacial score (nSPS) is 10.4. The first-order chi connectivity index (χ1) is 9.49. The van der Waals surface area contributed by atoms with Gasteiger partial charge in [-0.2, -0.15) is 4.98 Å². The predicted molar refractivity (Wildman–Crippen MR) is 79.1 cm³/mol. The molecule has 0 aliphatic heterocycles. The third-order valence-corrected chi connectivity index (χ3v) is 3.55. The molecule has 0 bridgehead atoms. The van der Waals surface area contributed by atoms with E-state index in [4.69, 9.17) is 11.5 Å². The molecule has 0 aliphatic carbocycles. The van der Waals surface area contributed by atoms with Gasteiger partial charge in [-0.25, -0.2) is 4.98 Å². The van der Waals surface area contributed by atoms with Crippen molar-refractivity contribution < 1.29 is 4.92 Å². The highest BCUT2D eigenvalue weighted by Gasteiger charge is 2.22. The second-order valence-corrected chi connectivity index (χ2v) is 4.97. The van der Waals surface area contributed by atoms with Gasteiger partial charge in [-0.3, -0.25) is 10.1 Å². The summed E-state index contributed by atoms with van der Waals surface area (Å²) in [5.41, 5.74) is 12.0. The summed E-state index contributed by atoms with van der Waals surface area (Å²) in [4.78, 5) is 18.0. The molecule has 0 aliphatic rings. The SMILES string of the molecule is Nc1nc(N)c([N+](=O)[O-])c(CCc2ccccc2Br)n1. The van der Waals surface area contributed by atoms with Crippen molar-refractivity contribution >= 4 is 33.4 Å². The van der Waals surface area contributed by atoms with Crippen LogP contribution in [0.15, 0.2) is 28.7 Å². The average Bonchev–Trinajstić information content (AvgIpc) is 2.36. The number of nitrogens with zero attached hydrogens (tertiary/aromatic N) is 3. The molecule has 1 aromatic carbocycles. The van der Waals surface area contributed by atoms with E-state index in [1.165, 1.54) is 0 Å². The summed E-state index contributed by atoms with van der Waals surface area (Å²) in [6, 6.07) is 7.64. The first kappa shape index (κ1) is 14.2. The van der Waals surface area contributed by atoms with Crippen molar-refractivity contribution in [2.75, 3.05) is 11.5 Å². The number of aromatic nitrogens is 2. The van der Waals surface area contributed by atoms with Crippen LogP contribution in [-0.4, -0.2) is 14.9 Å². The molecule has 20 heavy (non-hydrogen) atoms. The lowest BCUT2D eigenvalue weighted by molar-refractivity contribution is -0.385. The largest absolute Gasteiger partial charge is 0.378 e. The number of hydrogen-bond donors (Lipinski definition) is 2. The Balaban J connectivity index is 2.30. The molecule has 104 valence electrons. The van der Waals surface area contributed by atoms with E-state index in [9.17, 15) is 10.1 Å². The van der Waals surface area contributed by atoms with Crippen LogP contribution in [0, 0.1) is 10.1 Å². The Morgan fingerprint density at radius 2 is 1.90 bits per heavy atom. The molecule has 0 radical (unpaired) electrons. The van der Waals surface area contributed by atoms with Crippen LogP contribution in [0.5, 0.6) is 0 Å². The maximum atomic E-state index is 11.0. The first-order valence-corrected chi connectivity index (χ1v) is 6.58. The molecule has 0 amide bonds. The van der Waals surface area contributed by atoms with Gasteiger partial charge in [-0.1, -0.05) is 34.1 Å². The molecular formula is C12H12BrN5O2. The van der Waals surface area contributed by atoms with Crippen molar-refractivity contribution in [3.8, 4) is 0 Å². The van der Waals surface area contributed by atoms with Gasteiger partial charge in [-0.05, 0) is 18.1 Å². The smallest absolute Gasteiger partial charge is 0.332 e. The quantitative estimate of drug-likeness (QED) is 0.650. The Kier molecular flexibility index (Phi) is 4.14. The van der Waals surface area contributed by atoms with Crippen molar-refractivity contribution in [1.82, 2.24) is 9.97 Å². The molecule has 1 heterocycles. The van der Waals surface area contributed by atoms with Crippen LogP contribution in [0.3, 0.4) is 0 Å². The number of nitrogens with two attached hydrogens (primary N) is 2. The predicted octanol–water partition coefficient (Wildman–Crippen LogP) is 2.10. The molecule has 8 heteroatoms. The van der Waals surface area contributed by atoms with Gasteiger partial charge >= 0.3 is 5.69 Å². The zero-order valence-corrected chi connectivity index (χ0v) is 12.0. The van der Waals surface area contributed by atoms with Crippen LogP contribution in [-0.2, 0) is 12.8 Å². The van der Waals surface area contributed by atoms with E-state index in [2.05, 4.69) is 25.9 Å². The number of nitro groups is 1. The summed E-state index contributed by atoms with van der Waals surface area (Å²) in [7, 11) is 0. The van der Waals surface area contributed by atoms with Crippen LogP contribution in [0.2, 0.25) is 0 Å². The van der Waals surface area contributed by atoms with E-state index in [1.807, 2.05) is 24.3 Å².